The van der Waals surface area contributed by atoms with E-state index in [-0.39, 0.29) is 48.9 Å². The van der Waals surface area contributed by atoms with E-state index >= 15 is 0 Å². The highest BCUT2D eigenvalue weighted by Gasteiger charge is 2.46. The van der Waals surface area contributed by atoms with Crippen LogP contribution in [-0.4, -0.2) is 62.1 Å². The molecule has 2 heterocycles. The van der Waals surface area contributed by atoms with Crippen LogP contribution < -0.4 is 15.4 Å². The molecule has 1 aromatic carbocycles. The van der Waals surface area contributed by atoms with Crippen molar-refractivity contribution in [1.82, 2.24) is 5.32 Å². The van der Waals surface area contributed by atoms with Gasteiger partial charge in [0.1, 0.15) is 18.0 Å². The number of aliphatic hydroxyl groups excluding tert-OH is 1. The van der Waals surface area contributed by atoms with E-state index in [1.807, 2.05) is 18.2 Å². The lowest BCUT2D eigenvalue weighted by atomic mass is 9.83. The zero-order chi connectivity index (χ0) is 21.1. The van der Waals surface area contributed by atoms with Crippen LogP contribution in [0.4, 0.5) is 5.69 Å². The van der Waals surface area contributed by atoms with Gasteiger partial charge < -0.3 is 30.0 Å². The first kappa shape index (κ1) is 21.1. The molecule has 8 nitrogen and oxygen atoms in total. The first-order valence-corrected chi connectivity index (χ1v) is 10.7. The lowest BCUT2D eigenvalue weighted by molar-refractivity contribution is -0.142. The predicted molar refractivity (Wildman–Crippen MR) is 109 cm³/mol. The third-order valence-electron chi connectivity index (χ3n) is 6.28. The van der Waals surface area contributed by atoms with Gasteiger partial charge in [-0.3, -0.25) is 9.59 Å². The molecule has 4 rings (SSSR count). The fraction of sp³-hybridized carbons (Fsp3) is 0.636. The largest absolute Gasteiger partial charge is 0.487 e. The summed E-state index contributed by atoms with van der Waals surface area (Å²) < 4.78 is 17.0. The maximum Gasteiger partial charge on any atom is 0.227 e. The highest BCUT2D eigenvalue weighted by atomic mass is 16.6. The quantitative estimate of drug-likeness (QED) is 0.554. The number of nitrogens with one attached hydrogen (secondary N) is 2. The molecule has 0 bridgehead atoms. The molecule has 1 aromatic rings. The summed E-state index contributed by atoms with van der Waals surface area (Å²) in [5.74, 6) is 0.836. The topological polar surface area (TPSA) is 106 Å². The van der Waals surface area contributed by atoms with Crippen molar-refractivity contribution in [2.75, 3.05) is 32.2 Å². The van der Waals surface area contributed by atoms with Crippen molar-refractivity contribution in [1.29, 1.82) is 0 Å². The van der Waals surface area contributed by atoms with E-state index in [1.165, 1.54) is 0 Å². The van der Waals surface area contributed by atoms with Gasteiger partial charge in [0.05, 0.1) is 25.7 Å². The molecule has 1 saturated heterocycles. The van der Waals surface area contributed by atoms with E-state index in [0.29, 0.717) is 19.6 Å². The number of methoxy groups -OCH3 is 1. The molecule has 0 aromatic heterocycles. The molecule has 0 spiro atoms. The van der Waals surface area contributed by atoms with Crippen molar-refractivity contribution >= 4 is 17.5 Å². The van der Waals surface area contributed by atoms with Crippen LogP contribution in [0.15, 0.2) is 18.2 Å². The number of hydrogen-bond donors (Lipinski definition) is 3. The number of rotatable bonds is 8. The number of ether oxygens (including phenoxy) is 3. The molecule has 4 atom stereocenters. The van der Waals surface area contributed by atoms with Gasteiger partial charge in [-0.1, -0.05) is 6.42 Å². The molecular weight excluding hydrogens is 388 g/mol. The summed E-state index contributed by atoms with van der Waals surface area (Å²) in [6, 6.07) is 5.68. The third-order valence-corrected chi connectivity index (χ3v) is 6.28. The van der Waals surface area contributed by atoms with Gasteiger partial charge in [-0.2, -0.15) is 0 Å². The molecule has 8 heteroatoms. The molecule has 1 aliphatic carbocycles. The Morgan fingerprint density at radius 1 is 1.30 bits per heavy atom. The van der Waals surface area contributed by atoms with Crippen LogP contribution >= 0.6 is 0 Å². The minimum absolute atomic E-state index is 0.00299. The number of amides is 2. The molecule has 164 valence electrons. The van der Waals surface area contributed by atoms with Crippen molar-refractivity contribution in [2.45, 2.75) is 56.3 Å². The van der Waals surface area contributed by atoms with Crippen LogP contribution in [0.5, 0.6) is 5.75 Å². The number of carbonyl (C=O) groups is 2. The van der Waals surface area contributed by atoms with E-state index in [1.54, 1.807) is 7.11 Å². The number of benzene rings is 1. The first-order chi connectivity index (χ1) is 14.6. The Morgan fingerprint density at radius 2 is 2.13 bits per heavy atom. The Hall–Kier alpha value is -2.16. The fourth-order valence-corrected chi connectivity index (χ4v) is 4.45. The van der Waals surface area contributed by atoms with Crippen LogP contribution in [0.2, 0.25) is 0 Å². The molecule has 2 amide bonds. The van der Waals surface area contributed by atoms with Crippen LogP contribution in [0.25, 0.3) is 0 Å². The van der Waals surface area contributed by atoms with Crippen LogP contribution in [0, 0.1) is 5.92 Å². The van der Waals surface area contributed by atoms with Crippen molar-refractivity contribution in [3.63, 3.8) is 0 Å². The smallest absolute Gasteiger partial charge is 0.227 e. The van der Waals surface area contributed by atoms with Gasteiger partial charge in [0, 0.05) is 36.7 Å². The highest BCUT2D eigenvalue weighted by Crippen LogP contribution is 2.47. The molecule has 30 heavy (non-hydrogen) atoms. The maximum atomic E-state index is 12.3. The average molecular weight is 418 g/mol. The van der Waals surface area contributed by atoms with E-state index in [2.05, 4.69) is 10.6 Å². The number of fused-ring (bicyclic) bond motifs is 3. The van der Waals surface area contributed by atoms with Gasteiger partial charge in [0.25, 0.3) is 0 Å². The standard InChI is InChI=1S/C22H30N2O6/c1-28-8-7-23-20(26)11-15-10-17-16-9-14(24-22(27)13-3-2-4-13)5-6-18(16)30-21(17)19(12-25)29-15/h5-6,9,13,15,17,19,21,25H,2-4,7-8,10-12H2,1H3,(H,23,26)(H,24,27)/t15-,17-,19-,21+/m1/s1. The summed E-state index contributed by atoms with van der Waals surface area (Å²) >= 11 is 0. The Bertz CT molecular complexity index is 781. The lowest BCUT2D eigenvalue weighted by Crippen LogP contribution is -2.47. The third kappa shape index (κ3) is 4.45. The second-order valence-corrected chi connectivity index (χ2v) is 8.32. The summed E-state index contributed by atoms with van der Waals surface area (Å²) in [5, 5.41) is 15.7. The molecule has 0 radical (unpaired) electrons. The Kier molecular flexibility index (Phi) is 6.55. The molecule has 2 aliphatic heterocycles. The molecule has 3 aliphatic rings. The normalized spacial score (nSPS) is 27.4. The lowest BCUT2D eigenvalue weighted by Gasteiger charge is -2.37. The number of anilines is 1. The molecule has 2 fully saturated rings. The van der Waals surface area contributed by atoms with Crippen LogP contribution in [0.3, 0.4) is 0 Å². The number of carbonyl (C=O) groups excluding carboxylic acids is 2. The molecule has 0 unspecified atom stereocenters. The van der Waals surface area contributed by atoms with Crippen LogP contribution in [-0.2, 0) is 19.1 Å². The van der Waals surface area contributed by atoms with Gasteiger partial charge in [-0.05, 0) is 37.5 Å². The second kappa shape index (κ2) is 9.32. The summed E-state index contributed by atoms with van der Waals surface area (Å²) in [6.45, 7) is 0.730. The Balaban J connectivity index is 1.44. The summed E-state index contributed by atoms with van der Waals surface area (Å²) in [4.78, 5) is 24.5. The van der Waals surface area contributed by atoms with Gasteiger partial charge >= 0.3 is 0 Å². The monoisotopic (exact) mass is 418 g/mol. The SMILES string of the molecule is COCCNC(=O)C[C@H]1C[C@@H]2c3cc(NC(=O)C4CCC4)ccc3O[C@@H]2[C@@H](CO)O1. The van der Waals surface area contributed by atoms with Crippen molar-refractivity contribution < 1.29 is 28.9 Å². The van der Waals surface area contributed by atoms with Gasteiger partial charge in [0.2, 0.25) is 11.8 Å². The Labute approximate surface area is 176 Å². The first-order valence-electron chi connectivity index (χ1n) is 10.7. The molecular formula is C22H30N2O6. The average Bonchev–Trinajstić information content (AvgIpc) is 3.04. The maximum absolute atomic E-state index is 12.3. The van der Waals surface area contributed by atoms with Crippen molar-refractivity contribution in [2.24, 2.45) is 5.92 Å². The zero-order valence-electron chi connectivity index (χ0n) is 17.3. The van der Waals surface area contributed by atoms with Crippen LogP contribution in [0.1, 0.15) is 43.6 Å². The van der Waals surface area contributed by atoms with E-state index in [4.69, 9.17) is 14.2 Å². The van der Waals surface area contributed by atoms with Gasteiger partial charge in [0.15, 0.2) is 0 Å². The minimum Gasteiger partial charge on any atom is -0.487 e. The molecule has 3 N–H and O–H groups in total. The van der Waals surface area contributed by atoms with Crippen molar-refractivity contribution in [3.8, 4) is 5.75 Å². The van der Waals surface area contributed by atoms with Crippen molar-refractivity contribution in [3.05, 3.63) is 23.8 Å². The van der Waals surface area contributed by atoms with E-state index in [0.717, 1.165) is 36.3 Å². The summed E-state index contributed by atoms with van der Waals surface area (Å²) in [7, 11) is 1.59. The molecule has 1 saturated carbocycles. The Morgan fingerprint density at radius 3 is 2.83 bits per heavy atom. The highest BCUT2D eigenvalue weighted by molar-refractivity contribution is 5.93. The predicted octanol–water partition coefficient (Wildman–Crippen LogP) is 1.57. The fourth-order valence-electron chi connectivity index (χ4n) is 4.45. The summed E-state index contributed by atoms with van der Waals surface area (Å²) in [5.41, 5.74) is 1.76. The summed E-state index contributed by atoms with van der Waals surface area (Å²) in [6.07, 6.45) is 2.75. The van der Waals surface area contributed by atoms with E-state index < -0.39 is 6.10 Å². The van der Waals surface area contributed by atoms with E-state index in [9.17, 15) is 14.7 Å². The second-order valence-electron chi connectivity index (χ2n) is 8.32. The number of aliphatic hydroxyl groups is 1. The van der Waals surface area contributed by atoms with Gasteiger partial charge in [-0.15, -0.1) is 0 Å². The zero-order valence-corrected chi connectivity index (χ0v) is 17.3. The number of hydrogen-bond acceptors (Lipinski definition) is 6. The van der Waals surface area contributed by atoms with Gasteiger partial charge in [-0.25, -0.2) is 0 Å². The minimum atomic E-state index is -0.499.